The van der Waals surface area contributed by atoms with Crippen molar-refractivity contribution < 1.29 is 9.21 Å². The molecule has 4 rings (SSSR count). The Morgan fingerprint density at radius 2 is 2.17 bits per heavy atom. The third kappa shape index (κ3) is 2.58. The van der Waals surface area contributed by atoms with Crippen molar-refractivity contribution >= 4 is 16.9 Å². The Balaban J connectivity index is 1.73. The van der Waals surface area contributed by atoms with Gasteiger partial charge in [0, 0.05) is 24.3 Å². The average Bonchev–Trinajstić information content (AvgIpc) is 3.02. The lowest BCUT2D eigenvalue weighted by Crippen LogP contribution is -2.38. The number of hydrogen-bond acceptors (Lipinski definition) is 3. The number of aromatic nitrogens is 1. The summed E-state index contributed by atoms with van der Waals surface area (Å²) in [6.45, 7) is 2.68. The van der Waals surface area contributed by atoms with E-state index in [1.54, 1.807) is 6.20 Å². The number of para-hydroxylation sites is 1. The number of carbonyl (C=O) groups excluding carboxylic acids is 1. The zero-order valence-electron chi connectivity index (χ0n) is 13.7. The maximum Gasteiger partial charge on any atom is 0.258 e. The summed E-state index contributed by atoms with van der Waals surface area (Å²) in [4.78, 5) is 19.5. The normalized spacial score (nSPS) is 18.0. The highest BCUT2D eigenvalue weighted by molar-refractivity contribution is 6.05. The van der Waals surface area contributed by atoms with Crippen molar-refractivity contribution in [3.05, 3.63) is 65.7 Å². The molecule has 1 amide bonds. The number of aryl methyl sites for hydroxylation is 1. The standard InChI is InChI=1S/C20H20N2O2/c1-14-12-15-6-4-8-17(19(15)24-14)20(23)22-11-3-2-9-18(22)16-7-5-10-21-13-16/h4-8,10,12-13,18H,2-3,9,11H2,1H3. The van der Waals surface area contributed by atoms with Crippen molar-refractivity contribution in [1.29, 1.82) is 0 Å². The van der Waals surface area contributed by atoms with E-state index in [0.717, 1.165) is 42.5 Å². The number of amides is 1. The molecule has 0 bridgehead atoms. The van der Waals surface area contributed by atoms with E-state index in [0.29, 0.717) is 11.1 Å². The Bertz CT molecular complexity index is 870. The van der Waals surface area contributed by atoms with Crippen molar-refractivity contribution in [3.8, 4) is 0 Å². The summed E-state index contributed by atoms with van der Waals surface area (Å²) in [6, 6.07) is 11.8. The van der Waals surface area contributed by atoms with Gasteiger partial charge in [-0.05, 0) is 49.9 Å². The quantitative estimate of drug-likeness (QED) is 0.698. The molecule has 0 saturated carbocycles. The average molecular weight is 320 g/mol. The molecule has 1 atom stereocenters. The molecule has 0 aliphatic carbocycles. The molecule has 2 aromatic heterocycles. The summed E-state index contributed by atoms with van der Waals surface area (Å²) < 4.78 is 5.79. The minimum Gasteiger partial charge on any atom is -0.461 e. The van der Waals surface area contributed by atoms with Gasteiger partial charge in [0.15, 0.2) is 0 Å². The fourth-order valence-electron chi connectivity index (χ4n) is 3.61. The van der Waals surface area contributed by atoms with Crippen molar-refractivity contribution in [2.24, 2.45) is 0 Å². The molecule has 0 N–H and O–H groups in total. The van der Waals surface area contributed by atoms with Gasteiger partial charge in [-0.25, -0.2) is 0 Å². The third-order valence-electron chi connectivity index (χ3n) is 4.73. The number of pyridine rings is 1. The van der Waals surface area contributed by atoms with Crippen LogP contribution in [0, 0.1) is 6.92 Å². The molecular weight excluding hydrogens is 300 g/mol. The van der Waals surface area contributed by atoms with Crippen molar-refractivity contribution in [1.82, 2.24) is 9.88 Å². The summed E-state index contributed by atoms with van der Waals surface area (Å²) in [6.07, 6.45) is 6.78. The third-order valence-corrected chi connectivity index (χ3v) is 4.73. The Labute approximate surface area is 141 Å². The van der Waals surface area contributed by atoms with Crippen LogP contribution in [0.1, 0.15) is 47.0 Å². The highest BCUT2D eigenvalue weighted by atomic mass is 16.3. The van der Waals surface area contributed by atoms with Gasteiger partial charge in [0.1, 0.15) is 11.3 Å². The van der Waals surface area contributed by atoms with Crippen LogP contribution < -0.4 is 0 Å². The Hall–Kier alpha value is -2.62. The second kappa shape index (κ2) is 6.11. The lowest BCUT2D eigenvalue weighted by atomic mass is 9.95. The number of hydrogen-bond donors (Lipinski definition) is 0. The summed E-state index contributed by atoms with van der Waals surface area (Å²) in [5.74, 6) is 0.871. The van der Waals surface area contributed by atoms with Gasteiger partial charge < -0.3 is 9.32 Å². The van der Waals surface area contributed by atoms with Gasteiger partial charge in [0.25, 0.3) is 5.91 Å². The van der Waals surface area contributed by atoms with E-state index >= 15 is 0 Å². The first-order valence-corrected chi connectivity index (χ1v) is 8.44. The number of piperidine rings is 1. The first-order chi connectivity index (χ1) is 11.7. The molecule has 4 nitrogen and oxygen atoms in total. The molecule has 122 valence electrons. The van der Waals surface area contributed by atoms with Crippen molar-refractivity contribution in [2.45, 2.75) is 32.2 Å². The smallest absolute Gasteiger partial charge is 0.258 e. The van der Waals surface area contributed by atoms with E-state index in [-0.39, 0.29) is 11.9 Å². The van der Waals surface area contributed by atoms with E-state index in [2.05, 4.69) is 11.1 Å². The lowest BCUT2D eigenvalue weighted by Gasteiger charge is -2.36. The molecule has 1 aromatic carbocycles. The SMILES string of the molecule is Cc1cc2cccc(C(=O)N3CCCCC3c3cccnc3)c2o1. The Morgan fingerprint density at radius 3 is 3.00 bits per heavy atom. The topological polar surface area (TPSA) is 46.3 Å². The van der Waals surface area contributed by atoms with Gasteiger partial charge in [-0.1, -0.05) is 18.2 Å². The van der Waals surface area contributed by atoms with E-state index in [4.69, 9.17) is 4.42 Å². The van der Waals surface area contributed by atoms with Crippen LogP contribution in [-0.2, 0) is 0 Å². The highest BCUT2D eigenvalue weighted by Gasteiger charge is 2.30. The molecule has 1 unspecified atom stereocenters. The fourth-order valence-corrected chi connectivity index (χ4v) is 3.61. The van der Waals surface area contributed by atoms with Gasteiger partial charge in [-0.2, -0.15) is 0 Å². The zero-order valence-corrected chi connectivity index (χ0v) is 13.7. The van der Waals surface area contributed by atoms with Crippen LogP contribution in [0.4, 0.5) is 0 Å². The van der Waals surface area contributed by atoms with Crippen LogP contribution in [0.5, 0.6) is 0 Å². The van der Waals surface area contributed by atoms with Gasteiger partial charge in [-0.3, -0.25) is 9.78 Å². The van der Waals surface area contributed by atoms with Crippen LogP contribution in [0.15, 0.2) is 53.2 Å². The lowest BCUT2D eigenvalue weighted by molar-refractivity contribution is 0.0612. The maximum absolute atomic E-state index is 13.3. The molecule has 1 fully saturated rings. The molecule has 3 heterocycles. The van der Waals surface area contributed by atoms with Gasteiger partial charge in [-0.15, -0.1) is 0 Å². The molecule has 0 radical (unpaired) electrons. The number of furan rings is 1. The zero-order chi connectivity index (χ0) is 16.5. The predicted molar refractivity (Wildman–Crippen MR) is 92.8 cm³/mol. The number of carbonyl (C=O) groups is 1. The van der Waals surface area contributed by atoms with Crippen molar-refractivity contribution in [2.75, 3.05) is 6.54 Å². The molecule has 4 heteroatoms. The largest absolute Gasteiger partial charge is 0.461 e. The van der Waals surface area contributed by atoms with Crippen LogP contribution in [-0.4, -0.2) is 22.3 Å². The van der Waals surface area contributed by atoms with E-state index in [1.807, 2.05) is 48.4 Å². The van der Waals surface area contributed by atoms with Gasteiger partial charge in [0.05, 0.1) is 11.6 Å². The first kappa shape index (κ1) is 14.9. The number of fused-ring (bicyclic) bond motifs is 1. The molecule has 3 aromatic rings. The Kier molecular flexibility index (Phi) is 3.81. The second-order valence-electron chi connectivity index (χ2n) is 6.38. The van der Waals surface area contributed by atoms with E-state index < -0.39 is 0 Å². The molecule has 0 spiro atoms. The Morgan fingerprint density at radius 1 is 1.25 bits per heavy atom. The highest BCUT2D eigenvalue weighted by Crippen LogP contribution is 2.33. The van der Waals surface area contributed by atoms with Crippen LogP contribution >= 0.6 is 0 Å². The molecule has 1 aliphatic heterocycles. The molecule has 1 saturated heterocycles. The van der Waals surface area contributed by atoms with Crippen LogP contribution in [0.2, 0.25) is 0 Å². The van der Waals surface area contributed by atoms with Crippen LogP contribution in [0.25, 0.3) is 11.0 Å². The number of likely N-dealkylation sites (tertiary alicyclic amines) is 1. The van der Waals surface area contributed by atoms with E-state index in [1.165, 1.54) is 0 Å². The minimum atomic E-state index is 0.0449. The summed E-state index contributed by atoms with van der Waals surface area (Å²) >= 11 is 0. The summed E-state index contributed by atoms with van der Waals surface area (Å²) in [5.41, 5.74) is 2.44. The monoisotopic (exact) mass is 320 g/mol. The first-order valence-electron chi connectivity index (χ1n) is 8.44. The van der Waals surface area contributed by atoms with Crippen molar-refractivity contribution in [3.63, 3.8) is 0 Å². The van der Waals surface area contributed by atoms with E-state index in [9.17, 15) is 4.79 Å². The summed E-state index contributed by atoms with van der Waals surface area (Å²) in [7, 11) is 0. The predicted octanol–water partition coefficient (Wildman–Crippen LogP) is 4.50. The fraction of sp³-hybridized carbons (Fsp3) is 0.300. The number of nitrogens with zero attached hydrogens (tertiary/aromatic N) is 2. The minimum absolute atomic E-state index is 0.0449. The molecular formula is C20H20N2O2. The second-order valence-corrected chi connectivity index (χ2v) is 6.38. The molecule has 24 heavy (non-hydrogen) atoms. The number of rotatable bonds is 2. The van der Waals surface area contributed by atoms with Gasteiger partial charge in [0.2, 0.25) is 0 Å². The van der Waals surface area contributed by atoms with Crippen LogP contribution in [0.3, 0.4) is 0 Å². The maximum atomic E-state index is 13.3. The van der Waals surface area contributed by atoms with Gasteiger partial charge >= 0.3 is 0 Å². The summed E-state index contributed by atoms with van der Waals surface area (Å²) in [5, 5.41) is 0.980. The number of benzene rings is 1. The molecule has 1 aliphatic rings.